The smallest absolute Gasteiger partial charge is 0.272 e. The molecule has 1 heterocycles. The molecule has 34 heavy (non-hydrogen) atoms. The number of hydrogen-bond acceptors (Lipinski definition) is 4. The van der Waals surface area contributed by atoms with Crippen molar-refractivity contribution >= 4 is 44.0 Å². The number of carbonyl (C=O) groups is 2. The molecular formula is C24H19F2N3O4S. The fraction of sp³-hybridized carbons (Fsp3) is 0.0833. The third kappa shape index (κ3) is 4.96. The molecule has 3 aromatic carbocycles. The van der Waals surface area contributed by atoms with Crippen molar-refractivity contribution in [1.82, 2.24) is 4.98 Å². The summed E-state index contributed by atoms with van der Waals surface area (Å²) in [5, 5.41) is 3.11. The molecule has 0 saturated carbocycles. The van der Waals surface area contributed by atoms with Crippen LogP contribution in [0.4, 0.5) is 20.2 Å². The van der Waals surface area contributed by atoms with Gasteiger partial charge in [-0.15, -0.1) is 0 Å². The molecule has 0 saturated heterocycles. The fourth-order valence-corrected chi connectivity index (χ4v) is 4.03. The van der Waals surface area contributed by atoms with Crippen LogP contribution in [-0.4, -0.2) is 31.3 Å². The van der Waals surface area contributed by atoms with Gasteiger partial charge in [-0.05, 0) is 55.0 Å². The average Bonchev–Trinajstić information content (AvgIpc) is 3.18. The number of anilines is 2. The topological polar surface area (TPSA) is 108 Å². The molecule has 0 unspecified atom stereocenters. The van der Waals surface area contributed by atoms with Gasteiger partial charge in [0.05, 0.1) is 17.6 Å². The van der Waals surface area contributed by atoms with Gasteiger partial charge in [-0.1, -0.05) is 18.2 Å². The van der Waals surface area contributed by atoms with Crippen LogP contribution in [0, 0.1) is 11.6 Å². The Kier molecular flexibility index (Phi) is 5.92. The number of amides is 1. The number of fused-ring (bicyclic) bond motifs is 1. The van der Waals surface area contributed by atoms with Crippen molar-refractivity contribution in [2.24, 2.45) is 0 Å². The van der Waals surface area contributed by atoms with Crippen molar-refractivity contribution < 1.29 is 26.8 Å². The SMILES string of the molecule is CC(=O)c1cc(NC(=O)c2cc3ccc(NS(C)(=O)=O)cc3[nH]2)c(F)c(-c2ccc(F)cc2)c1. The van der Waals surface area contributed by atoms with E-state index >= 15 is 4.39 Å². The van der Waals surface area contributed by atoms with E-state index in [1.165, 1.54) is 55.5 Å². The molecule has 4 rings (SSSR count). The van der Waals surface area contributed by atoms with Crippen molar-refractivity contribution in [3.63, 3.8) is 0 Å². The Bertz CT molecular complexity index is 1540. The first-order valence-corrected chi connectivity index (χ1v) is 11.9. The predicted octanol–water partition coefficient (Wildman–Crippen LogP) is 4.94. The minimum absolute atomic E-state index is 0.0381. The van der Waals surface area contributed by atoms with Crippen molar-refractivity contribution in [1.29, 1.82) is 0 Å². The number of aromatic amines is 1. The monoisotopic (exact) mass is 483 g/mol. The zero-order chi connectivity index (χ0) is 24.6. The summed E-state index contributed by atoms with van der Waals surface area (Å²) in [6.45, 7) is 1.31. The molecule has 1 aromatic heterocycles. The number of Topliss-reactive ketones (excluding diaryl/α,β-unsaturated/α-hetero) is 1. The second-order valence-corrected chi connectivity index (χ2v) is 9.51. The van der Waals surface area contributed by atoms with E-state index in [4.69, 9.17) is 0 Å². The molecule has 7 nitrogen and oxygen atoms in total. The van der Waals surface area contributed by atoms with Gasteiger partial charge in [0.2, 0.25) is 10.0 Å². The number of benzene rings is 3. The fourth-order valence-electron chi connectivity index (χ4n) is 3.47. The minimum Gasteiger partial charge on any atom is -0.350 e. The van der Waals surface area contributed by atoms with Gasteiger partial charge in [0.25, 0.3) is 5.91 Å². The molecule has 0 fully saturated rings. The summed E-state index contributed by atoms with van der Waals surface area (Å²) in [5.41, 5.74) is 1.24. The van der Waals surface area contributed by atoms with Crippen LogP contribution in [0.3, 0.4) is 0 Å². The molecule has 0 aliphatic rings. The number of sulfonamides is 1. The molecule has 0 atom stereocenters. The van der Waals surface area contributed by atoms with E-state index < -0.39 is 27.6 Å². The van der Waals surface area contributed by atoms with Gasteiger partial charge >= 0.3 is 0 Å². The van der Waals surface area contributed by atoms with Gasteiger partial charge in [0.15, 0.2) is 11.6 Å². The molecule has 4 aromatic rings. The lowest BCUT2D eigenvalue weighted by Gasteiger charge is -2.12. The standard InChI is InChI=1S/C24H19F2N3O4S/c1-13(30)16-9-19(14-3-6-17(25)7-4-14)23(26)21(11-16)28-24(31)22-10-15-5-8-18(12-20(15)27-22)29-34(2,32)33/h3-12,27,29H,1-2H3,(H,28,31). The number of aromatic nitrogens is 1. The Hall–Kier alpha value is -4.05. The third-order valence-electron chi connectivity index (χ3n) is 5.05. The lowest BCUT2D eigenvalue weighted by atomic mass is 9.99. The predicted molar refractivity (Wildman–Crippen MR) is 127 cm³/mol. The quantitative estimate of drug-likeness (QED) is 0.338. The van der Waals surface area contributed by atoms with Gasteiger partial charge in [-0.25, -0.2) is 17.2 Å². The van der Waals surface area contributed by atoms with E-state index in [-0.39, 0.29) is 28.3 Å². The zero-order valence-corrected chi connectivity index (χ0v) is 18.9. The molecule has 174 valence electrons. The number of ketones is 1. The summed E-state index contributed by atoms with van der Waals surface area (Å²) in [6, 6.07) is 13.9. The van der Waals surface area contributed by atoms with E-state index in [9.17, 15) is 22.4 Å². The summed E-state index contributed by atoms with van der Waals surface area (Å²) < 4.78 is 53.8. The van der Waals surface area contributed by atoms with Gasteiger partial charge in [-0.2, -0.15) is 0 Å². The summed E-state index contributed by atoms with van der Waals surface area (Å²) in [5.74, 6) is -2.27. The molecule has 0 aliphatic carbocycles. The van der Waals surface area contributed by atoms with Crippen molar-refractivity contribution in [2.75, 3.05) is 16.3 Å². The van der Waals surface area contributed by atoms with Crippen LogP contribution >= 0.6 is 0 Å². The molecule has 0 bridgehead atoms. The van der Waals surface area contributed by atoms with E-state index in [0.29, 0.717) is 22.2 Å². The number of hydrogen-bond donors (Lipinski definition) is 3. The normalized spacial score (nSPS) is 11.4. The largest absolute Gasteiger partial charge is 0.350 e. The van der Waals surface area contributed by atoms with Crippen LogP contribution in [0.25, 0.3) is 22.0 Å². The average molecular weight is 483 g/mol. The second-order valence-electron chi connectivity index (χ2n) is 7.76. The van der Waals surface area contributed by atoms with Gasteiger partial charge in [0.1, 0.15) is 11.5 Å². The highest BCUT2D eigenvalue weighted by atomic mass is 32.2. The first kappa shape index (κ1) is 23.1. The first-order valence-electron chi connectivity index (χ1n) is 10.0. The number of halogens is 2. The second kappa shape index (κ2) is 8.71. The Morgan fingerprint density at radius 3 is 2.29 bits per heavy atom. The zero-order valence-electron chi connectivity index (χ0n) is 18.1. The molecule has 0 aliphatic heterocycles. The van der Waals surface area contributed by atoms with Crippen LogP contribution in [0.5, 0.6) is 0 Å². The third-order valence-corrected chi connectivity index (χ3v) is 5.66. The van der Waals surface area contributed by atoms with Gasteiger partial charge in [-0.3, -0.25) is 14.3 Å². The van der Waals surface area contributed by atoms with Gasteiger partial charge < -0.3 is 10.3 Å². The number of H-pyrrole nitrogens is 1. The van der Waals surface area contributed by atoms with Crippen LogP contribution in [0.2, 0.25) is 0 Å². The Balaban J connectivity index is 1.69. The maximum Gasteiger partial charge on any atom is 0.272 e. The highest BCUT2D eigenvalue weighted by Crippen LogP contribution is 2.31. The van der Waals surface area contributed by atoms with Crippen molar-refractivity contribution in [3.05, 3.63) is 83.6 Å². The maximum atomic E-state index is 15.3. The van der Waals surface area contributed by atoms with E-state index in [2.05, 4.69) is 15.0 Å². The number of nitrogens with one attached hydrogen (secondary N) is 3. The minimum atomic E-state index is -3.47. The van der Waals surface area contributed by atoms with E-state index in [0.717, 1.165) is 6.26 Å². The summed E-state index contributed by atoms with van der Waals surface area (Å²) in [4.78, 5) is 27.7. The highest BCUT2D eigenvalue weighted by molar-refractivity contribution is 7.92. The lowest BCUT2D eigenvalue weighted by molar-refractivity contribution is 0.100. The van der Waals surface area contributed by atoms with Crippen molar-refractivity contribution in [2.45, 2.75) is 6.92 Å². The lowest BCUT2D eigenvalue weighted by Crippen LogP contribution is -2.14. The van der Waals surface area contributed by atoms with Crippen LogP contribution < -0.4 is 10.0 Å². The Morgan fingerprint density at radius 2 is 1.65 bits per heavy atom. The summed E-state index contributed by atoms with van der Waals surface area (Å²) >= 11 is 0. The first-order chi connectivity index (χ1) is 16.0. The molecular weight excluding hydrogens is 464 g/mol. The van der Waals surface area contributed by atoms with Crippen LogP contribution in [0.1, 0.15) is 27.8 Å². The van der Waals surface area contributed by atoms with Crippen molar-refractivity contribution in [3.8, 4) is 11.1 Å². The molecule has 10 heteroatoms. The number of carbonyl (C=O) groups excluding carboxylic acids is 2. The summed E-state index contributed by atoms with van der Waals surface area (Å²) in [6.07, 6.45) is 1.02. The molecule has 3 N–H and O–H groups in total. The summed E-state index contributed by atoms with van der Waals surface area (Å²) in [7, 11) is -3.47. The Labute approximate surface area is 193 Å². The highest BCUT2D eigenvalue weighted by Gasteiger charge is 2.18. The van der Waals surface area contributed by atoms with Crippen LogP contribution in [0.15, 0.2) is 60.7 Å². The molecule has 0 radical (unpaired) electrons. The number of rotatable bonds is 6. The van der Waals surface area contributed by atoms with Crippen LogP contribution in [-0.2, 0) is 10.0 Å². The van der Waals surface area contributed by atoms with Gasteiger partial charge in [0, 0.05) is 22.0 Å². The Morgan fingerprint density at radius 1 is 0.941 bits per heavy atom. The molecule has 1 amide bonds. The van der Waals surface area contributed by atoms with E-state index in [1.807, 2.05) is 0 Å². The molecule has 0 spiro atoms. The van der Waals surface area contributed by atoms with E-state index in [1.54, 1.807) is 12.1 Å². The maximum absolute atomic E-state index is 15.3.